The number of rotatable bonds is 1. The molecule has 0 radical (unpaired) electrons. The van der Waals surface area contributed by atoms with E-state index in [1.54, 1.807) is 10.9 Å². The fourth-order valence-corrected chi connectivity index (χ4v) is 1.35. The number of hydrogen-bond acceptors (Lipinski definition) is 3. The fourth-order valence-electron chi connectivity index (χ4n) is 1.35. The summed E-state index contributed by atoms with van der Waals surface area (Å²) in [4.78, 5) is 4.26. The van der Waals surface area contributed by atoms with Crippen LogP contribution in [0.2, 0.25) is 0 Å². The van der Waals surface area contributed by atoms with Crippen LogP contribution in [-0.4, -0.2) is 14.8 Å². The van der Waals surface area contributed by atoms with Crippen LogP contribution in [0.3, 0.4) is 0 Å². The van der Waals surface area contributed by atoms with Crippen molar-refractivity contribution in [2.24, 2.45) is 7.05 Å². The maximum atomic E-state index is 5.85. The number of anilines is 1. The van der Waals surface area contributed by atoms with Gasteiger partial charge in [-0.3, -0.25) is 9.67 Å². The topological polar surface area (TPSA) is 56.7 Å². The molecular formula is C10H12N4. The molecule has 0 aliphatic rings. The van der Waals surface area contributed by atoms with E-state index in [2.05, 4.69) is 10.1 Å². The summed E-state index contributed by atoms with van der Waals surface area (Å²) < 4.78 is 1.73. The maximum Gasteiger partial charge on any atom is 0.113 e. The van der Waals surface area contributed by atoms with Crippen molar-refractivity contribution in [1.82, 2.24) is 14.8 Å². The van der Waals surface area contributed by atoms with E-state index in [1.165, 1.54) is 0 Å². The quantitative estimate of drug-likeness (QED) is 0.735. The molecule has 2 aromatic heterocycles. The lowest BCUT2D eigenvalue weighted by Crippen LogP contribution is -1.95. The SMILES string of the molecule is Cc1cnc(-c2ccn(C)n2)c(N)c1. The van der Waals surface area contributed by atoms with E-state index < -0.39 is 0 Å². The Hall–Kier alpha value is -1.84. The summed E-state index contributed by atoms with van der Waals surface area (Å²) in [7, 11) is 1.87. The molecule has 0 aliphatic heterocycles. The molecule has 4 nitrogen and oxygen atoms in total. The monoisotopic (exact) mass is 188 g/mol. The Kier molecular flexibility index (Phi) is 1.96. The normalized spacial score (nSPS) is 10.4. The molecule has 72 valence electrons. The van der Waals surface area contributed by atoms with E-state index in [-0.39, 0.29) is 0 Å². The Balaban J connectivity index is 2.52. The predicted octanol–water partition coefficient (Wildman–Crippen LogP) is 1.37. The van der Waals surface area contributed by atoms with Gasteiger partial charge >= 0.3 is 0 Å². The van der Waals surface area contributed by atoms with Crippen molar-refractivity contribution in [1.29, 1.82) is 0 Å². The second-order valence-corrected chi connectivity index (χ2v) is 3.33. The number of hydrogen-bond donors (Lipinski definition) is 1. The summed E-state index contributed by atoms with van der Waals surface area (Å²) >= 11 is 0. The van der Waals surface area contributed by atoms with E-state index in [0.29, 0.717) is 5.69 Å². The van der Waals surface area contributed by atoms with Crippen molar-refractivity contribution >= 4 is 5.69 Å². The van der Waals surface area contributed by atoms with Gasteiger partial charge in [0.05, 0.1) is 5.69 Å². The minimum atomic E-state index is 0.670. The van der Waals surface area contributed by atoms with E-state index in [1.807, 2.05) is 32.3 Å². The standard InChI is InChI=1S/C10H12N4/c1-7-5-8(11)10(12-6-7)9-3-4-14(2)13-9/h3-6H,11H2,1-2H3. The second-order valence-electron chi connectivity index (χ2n) is 3.33. The number of pyridine rings is 1. The van der Waals surface area contributed by atoms with Gasteiger partial charge in [0.1, 0.15) is 11.4 Å². The average molecular weight is 188 g/mol. The number of aryl methyl sites for hydroxylation is 2. The van der Waals surface area contributed by atoms with Crippen LogP contribution in [0.15, 0.2) is 24.5 Å². The van der Waals surface area contributed by atoms with Crippen LogP contribution in [0.25, 0.3) is 11.4 Å². The molecule has 2 heterocycles. The van der Waals surface area contributed by atoms with Crippen LogP contribution < -0.4 is 5.73 Å². The number of nitrogens with zero attached hydrogens (tertiary/aromatic N) is 3. The molecule has 4 heteroatoms. The summed E-state index contributed by atoms with van der Waals surface area (Å²) in [5, 5.41) is 4.25. The summed E-state index contributed by atoms with van der Waals surface area (Å²) in [6.45, 7) is 1.96. The first kappa shape index (κ1) is 8.74. The van der Waals surface area contributed by atoms with E-state index in [4.69, 9.17) is 5.73 Å². The summed E-state index contributed by atoms with van der Waals surface area (Å²) in [6, 6.07) is 3.80. The van der Waals surface area contributed by atoms with Crippen LogP contribution in [-0.2, 0) is 7.05 Å². The first-order valence-electron chi connectivity index (χ1n) is 4.39. The minimum absolute atomic E-state index is 0.670. The van der Waals surface area contributed by atoms with Crippen LogP contribution in [0.5, 0.6) is 0 Å². The van der Waals surface area contributed by atoms with Gasteiger partial charge in [-0.1, -0.05) is 0 Å². The Morgan fingerprint density at radius 3 is 2.79 bits per heavy atom. The van der Waals surface area contributed by atoms with Crippen molar-refractivity contribution in [2.75, 3.05) is 5.73 Å². The molecule has 0 atom stereocenters. The number of nitrogen functional groups attached to an aromatic ring is 1. The Morgan fingerprint density at radius 2 is 2.21 bits per heavy atom. The van der Waals surface area contributed by atoms with Crippen molar-refractivity contribution in [3.8, 4) is 11.4 Å². The molecule has 0 aromatic carbocycles. The molecule has 0 spiro atoms. The zero-order chi connectivity index (χ0) is 10.1. The fraction of sp³-hybridized carbons (Fsp3) is 0.200. The molecule has 2 N–H and O–H groups in total. The van der Waals surface area contributed by atoms with Gasteiger partial charge in [-0.05, 0) is 24.6 Å². The third-order valence-electron chi connectivity index (χ3n) is 2.01. The lowest BCUT2D eigenvalue weighted by molar-refractivity contribution is 0.770. The predicted molar refractivity (Wildman–Crippen MR) is 55.6 cm³/mol. The summed E-state index contributed by atoms with van der Waals surface area (Å²) in [6.07, 6.45) is 3.66. The van der Waals surface area contributed by atoms with E-state index in [0.717, 1.165) is 17.0 Å². The van der Waals surface area contributed by atoms with Crippen molar-refractivity contribution in [2.45, 2.75) is 6.92 Å². The maximum absolute atomic E-state index is 5.85. The molecule has 14 heavy (non-hydrogen) atoms. The first-order chi connectivity index (χ1) is 6.66. The van der Waals surface area contributed by atoms with Crippen molar-refractivity contribution in [3.05, 3.63) is 30.1 Å². The smallest absolute Gasteiger partial charge is 0.113 e. The first-order valence-corrected chi connectivity index (χ1v) is 4.39. The highest BCUT2D eigenvalue weighted by Gasteiger charge is 2.06. The Labute approximate surface area is 82.4 Å². The third kappa shape index (κ3) is 1.46. The van der Waals surface area contributed by atoms with Gasteiger partial charge in [-0.25, -0.2) is 0 Å². The minimum Gasteiger partial charge on any atom is -0.397 e. The van der Waals surface area contributed by atoms with Crippen LogP contribution in [0.4, 0.5) is 5.69 Å². The lowest BCUT2D eigenvalue weighted by Gasteiger charge is -2.01. The Morgan fingerprint density at radius 1 is 1.43 bits per heavy atom. The third-order valence-corrected chi connectivity index (χ3v) is 2.01. The zero-order valence-corrected chi connectivity index (χ0v) is 8.23. The van der Waals surface area contributed by atoms with Gasteiger partial charge in [0.15, 0.2) is 0 Å². The van der Waals surface area contributed by atoms with E-state index >= 15 is 0 Å². The van der Waals surface area contributed by atoms with Gasteiger partial charge in [-0.15, -0.1) is 0 Å². The largest absolute Gasteiger partial charge is 0.397 e. The van der Waals surface area contributed by atoms with Crippen molar-refractivity contribution < 1.29 is 0 Å². The zero-order valence-electron chi connectivity index (χ0n) is 8.23. The second kappa shape index (κ2) is 3.14. The molecule has 0 fully saturated rings. The number of aromatic nitrogens is 3. The van der Waals surface area contributed by atoms with Gasteiger partial charge < -0.3 is 5.73 Å². The van der Waals surface area contributed by atoms with Crippen LogP contribution in [0.1, 0.15) is 5.56 Å². The highest BCUT2D eigenvalue weighted by Crippen LogP contribution is 2.21. The average Bonchev–Trinajstić information content (AvgIpc) is 2.51. The highest BCUT2D eigenvalue weighted by atomic mass is 15.2. The van der Waals surface area contributed by atoms with Crippen LogP contribution >= 0.6 is 0 Å². The molecule has 0 bridgehead atoms. The molecule has 2 rings (SSSR count). The summed E-state index contributed by atoms with van der Waals surface area (Å²) in [5.41, 5.74) is 9.14. The molecule has 0 aliphatic carbocycles. The highest BCUT2D eigenvalue weighted by molar-refractivity contribution is 5.69. The van der Waals surface area contributed by atoms with Gasteiger partial charge in [-0.2, -0.15) is 5.10 Å². The molecule has 2 aromatic rings. The molecule has 0 saturated heterocycles. The van der Waals surface area contributed by atoms with Crippen molar-refractivity contribution in [3.63, 3.8) is 0 Å². The molecule has 0 saturated carbocycles. The van der Waals surface area contributed by atoms with Crippen LogP contribution in [0, 0.1) is 6.92 Å². The number of nitrogens with two attached hydrogens (primary N) is 1. The van der Waals surface area contributed by atoms with Gasteiger partial charge in [0.2, 0.25) is 0 Å². The Bertz CT molecular complexity index is 459. The molecular weight excluding hydrogens is 176 g/mol. The van der Waals surface area contributed by atoms with Gasteiger partial charge in [0, 0.05) is 19.4 Å². The van der Waals surface area contributed by atoms with E-state index in [9.17, 15) is 0 Å². The summed E-state index contributed by atoms with van der Waals surface area (Å²) in [5.74, 6) is 0. The lowest BCUT2D eigenvalue weighted by atomic mass is 10.2. The molecule has 0 amide bonds. The molecule has 0 unspecified atom stereocenters. The van der Waals surface area contributed by atoms with Gasteiger partial charge in [0.25, 0.3) is 0 Å².